The number of alkyl carbamates (subject to hydrolysis) is 1. The highest BCUT2D eigenvalue weighted by molar-refractivity contribution is 5.79. The number of benzene rings is 1. The van der Waals surface area contributed by atoms with E-state index in [-0.39, 0.29) is 12.1 Å². The lowest BCUT2D eigenvalue weighted by Crippen LogP contribution is -2.32. The number of rotatable bonds is 1. The zero-order valence-corrected chi connectivity index (χ0v) is 13.6. The largest absolute Gasteiger partial charge is 0.444 e. The van der Waals surface area contributed by atoms with Gasteiger partial charge in [0.15, 0.2) is 0 Å². The van der Waals surface area contributed by atoms with Crippen molar-refractivity contribution in [3.63, 3.8) is 0 Å². The smallest absolute Gasteiger partial charge is 0.408 e. The number of aromatic nitrogens is 2. The molecule has 0 fully saturated rings. The van der Waals surface area contributed by atoms with Crippen molar-refractivity contribution in [2.75, 3.05) is 6.54 Å². The highest BCUT2D eigenvalue weighted by Gasteiger charge is 2.14. The number of carbonyl (C=O) groups excluding carboxylic acids is 1. The highest BCUT2D eigenvalue weighted by atomic mass is 16.6. The number of amides is 1. The number of nitrogens with zero attached hydrogens (tertiary/aromatic N) is 2. The van der Waals surface area contributed by atoms with Gasteiger partial charge in [-0.1, -0.05) is 11.8 Å². The Bertz CT molecular complexity index is 851. The van der Waals surface area contributed by atoms with Crippen LogP contribution >= 0.6 is 0 Å². The van der Waals surface area contributed by atoms with Crippen molar-refractivity contribution in [2.45, 2.75) is 26.4 Å². The molecule has 6 nitrogen and oxygen atoms in total. The zero-order chi connectivity index (χ0) is 17.0. The topological polar surface area (TPSA) is 73.2 Å². The van der Waals surface area contributed by atoms with Crippen LogP contribution in [-0.4, -0.2) is 27.8 Å². The minimum absolute atomic E-state index is 0.120. The van der Waals surface area contributed by atoms with Crippen molar-refractivity contribution in [1.29, 1.82) is 0 Å². The first-order chi connectivity index (χ1) is 10.8. The summed E-state index contributed by atoms with van der Waals surface area (Å²) in [4.78, 5) is 27.7. The van der Waals surface area contributed by atoms with E-state index in [1.165, 1.54) is 10.9 Å². The third-order valence-electron chi connectivity index (χ3n) is 2.87. The van der Waals surface area contributed by atoms with E-state index in [9.17, 15) is 9.59 Å². The van der Waals surface area contributed by atoms with Crippen molar-refractivity contribution in [2.24, 2.45) is 7.05 Å². The van der Waals surface area contributed by atoms with Crippen molar-refractivity contribution in [3.8, 4) is 11.8 Å². The van der Waals surface area contributed by atoms with Gasteiger partial charge in [-0.2, -0.15) is 0 Å². The molecule has 120 valence electrons. The van der Waals surface area contributed by atoms with Crippen LogP contribution in [-0.2, 0) is 11.8 Å². The van der Waals surface area contributed by atoms with Gasteiger partial charge in [-0.15, -0.1) is 0 Å². The van der Waals surface area contributed by atoms with Gasteiger partial charge in [0.1, 0.15) is 5.60 Å². The Hall–Kier alpha value is -2.81. The Balaban J connectivity index is 2.07. The molecular formula is C17H19N3O3. The Kier molecular flexibility index (Phi) is 4.70. The summed E-state index contributed by atoms with van der Waals surface area (Å²) < 4.78 is 6.53. The van der Waals surface area contributed by atoms with Gasteiger partial charge in [0.05, 0.1) is 23.8 Å². The predicted octanol–water partition coefficient (Wildman–Crippen LogP) is 1.81. The van der Waals surface area contributed by atoms with E-state index in [1.807, 2.05) is 0 Å². The van der Waals surface area contributed by atoms with E-state index in [0.29, 0.717) is 16.5 Å². The summed E-state index contributed by atoms with van der Waals surface area (Å²) in [7, 11) is 1.65. The van der Waals surface area contributed by atoms with Crippen LogP contribution < -0.4 is 10.9 Å². The normalized spacial score (nSPS) is 10.8. The molecule has 1 aromatic carbocycles. The second-order valence-corrected chi connectivity index (χ2v) is 6.05. The number of hydrogen-bond donors (Lipinski definition) is 1. The number of ether oxygens (including phenoxy) is 1. The molecule has 1 aromatic heterocycles. The molecule has 1 heterocycles. The van der Waals surface area contributed by atoms with Crippen LogP contribution in [0, 0.1) is 11.8 Å². The minimum atomic E-state index is -0.539. The van der Waals surface area contributed by atoms with Crippen molar-refractivity contribution < 1.29 is 9.53 Å². The fraction of sp³-hybridized carbons (Fsp3) is 0.353. The maximum Gasteiger partial charge on any atom is 0.408 e. The molecule has 0 aliphatic heterocycles. The first-order valence-corrected chi connectivity index (χ1v) is 7.17. The first-order valence-electron chi connectivity index (χ1n) is 7.17. The second kappa shape index (κ2) is 6.53. The summed E-state index contributed by atoms with van der Waals surface area (Å²) in [6.07, 6.45) is 0.976. The zero-order valence-electron chi connectivity index (χ0n) is 13.6. The van der Waals surface area contributed by atoms with Gasteiger partial charge in [-0.3, -0.25) is 4.79 Å². The Morgan fingerprint density at radius 3 is 2.83 bits per heavy atom. The van der Waals surface area contributed by atoms with Gasteiger partial charge >= 0.3 is 6.09 Å². The summed E-state index contributed by atoms with van der Waals surface area (Å²) in [6.45, 7) is 5.55. The molecule has 0 unspecified atom stereocenters. The Morgan fingerprint density at radius 2 is 2.13 bits per heavy atom. The lowest BCUT2D eigenvalue weighted by molar-refractivity contribution is 0.0535. The number of hydrogen-bond acceptors (Lipinski definition) is 4. The van der Waals surface area contributed by atoms with Gasteiger partial charge in [0.2, 0.25) is 0 Å². The van der Waals surface area contributed by atoms with Gasteiger partial charge in [-0.05, 0) is 39.0 Å². The van der Waals surface area contributed by atoms with Crippen LogP contribution in [0.2, 0.25) is 0 Å². The molecule has 1 amide bonds. The standard InChI is InChI=1S/C17H19N3O3/c1-17(2,3)23-16(22)18-9-5-6-12-7-8-14-13(10-12)15(21)20(4)11-19-14/h7-8,10-11H,9H2,1-4H3,(H,18,22). The van der Waals surface area contributed by atoms with Crippen LogP contribution in [0.15, 0.2) is 29.3 Å². The quantitative estimate of drug-likeness (QED) is 0.815. The average Bonchev–Trinajstić information content (AvgIpc) is 2.46. The summed E-state index contributed by atoms with van der Waals surface area (Å²) >= 11 is 0. The number of fused-ring (bicyclic) bond motifs is 1. The second-order valence-electron chi connectivity index (χ2n) is 6.05. The van der Waals surface area contributed by atoms with Gasteiger partial charge in [0, 0.05) is 12.6 Å². The van der Waals surface area contributed by atoms with Crippen LogP contribution in [0.5, 0.6) is 0 Å². The molecular weight excluding hydrogens is 294 g/mol. The molecule has 0 spiro atoms. The van der Waals surface area contributed by atoms with E-state index in [0.717, 1.165) is 0 Å². The van der Waals surface area contributed by atoms with Gasteiger partial charge < -0.3 is 14.6 Å². The summed E-state index contributed by atoms with van der Waals surface area (Å²) in [5.74, 6) is 5.73. The molecule has 1 N–H and O–H groups in total. The van der Waals surface area contributed by atoms with Gasteiger partial charge in [0.25, 0.3) is 5.56 Å². The van der Waals surface area contributed by atoms with Crippen molar-refractivity contribution in [3.05, 3.63) is 40.4 Å². The lowest BCUT2D eigenvalue weighted by atomic mass is 10.1. The van der Waals surface area contributed by atoms with E-state index < -0.39 is 11.7 Å². The summed E-state index contributed by atoms with van der Waals surface area (Å²) in [5.41, 5.74) is 0.660. The minimum Gasteiger partial charge on any atom is -0.444 e. The number of nitrogens with one attached hydrogen (secondary N) is 1. The molecule has 6 heteroatoms. The first kappa shape index (κ1) is 16.6. The van der Waals surface area contributed by atoms with E-state index >= 15 is 0 Å². The molecule has 2 aromatic rings. The molecule has 0 aliphatic rings. The van der Waals surface area contributed by atoms with Crippen LogP contribution in [0.1, 0.15) is 26.3 Å². The van der Waals surface area contributed by atoms with Crippen LogP contribution in [0.3, 0.4) is 0 Å². The molecule has 0 radical (unpaired) electrons. The SMILES string of the molecule is Cn1cnc2ccc(C#CCNC(=O)OC(C)(C)C)cc2c1=O. The molecule has 0 saturated carbocycles. The third-order valence-corrected chi connectivity index (χ3v) is 2.87. The van der Waals surface area contributed by atoms with E-state index in [4.69, 9.17) is 4.74 Å². The van der Waals surface area contributed by atoms with Crippen LogP contribution in [0.4, 0.5) is 4.79 Å². The highest BCUT2D eigenvalue weighted by Crippen LogP contribution is 2.09. The Morgan fingerprint density at radius 1 is 1.39 bits per heavy atom. The van der Waals surface area contributed by atoms with Crippen LogP contribution in [0.25, 0.3) is 10.9 Å². The summed E-state index contributed by atoms with van der Waals surface area (Å²) in [5, 5.41) is 3.07. The van der Waals surface area contributed by atoms with Crippen molar-refractivity contribution >= 4 is 17.0 Å². The number of carbonyl (C=O) groups is 1. The Labute approximate surface area is 134 Å². The molecule has 2 rings (SSSR count). The fourth-order valence-corrected chi connectivity index (χ4v) is 1.87. The number of aryl methyl sites for hydroxylation is 1. The van der Waals surface area contributed by atoms with Crippen molar-refractivity contribution in [1.82, 2.24) is 14.9 Å². The molecule has 0 saturated heterocycles. The monoisotopic (exact) mass is 313 g/mol. The predicted molar refractivity (Wildman–Crippen MR) is 88.1 cm³/mol. The van der Waals surface area contributed by atoms with E-state index in [2.05, 4.69) is 22.1 Å². The third kappa shape index (κ3) is 4.58. The maximum atomic E-state index is 12.0. The average molecular weight is 313 g/mol. The maximum absolute atomic E-state index is 12.0. The van der Waals surface area contributed by atoms with Gasteiger partial charge in [-0.25, -0.2) is 9.78 Å². The molecule has 0 atom stereocenters. The molecule has 0 aliphatic carbocycles. The molecule has 0 bridgehead atoms. The van der Waals surface area contributed by atoms with E-state index in [1.54, 1.807) is 46.0 Å². The summed E-state index contributed by atoms with van der Waals surface area (Å²) in [6, 6.07) is 5.24. The molecule has 23 heavy (non-hydrogen) atoms. The lowest BCUT2D eigenvalue weighted by Gasteiger charge is -2.18. The fourth-order valence-electron chi connectivity index (χ4n) is 1.87.